The number of nitrogens with zero attached hydrogens (tertiary/aromatic N) is 3. The van der Waals surface area contributed by atoms with Crippen LogP contribution in [0.15, 0.2) is 70.9 Å². The van der Waals surface area contributed by atoms with Gasteiger partial charge >= 0.3 is 0 Å². The van der Waals surface area contributed by atoms with E-state index < -0.39 is 0 Å². The van der Waals surface area contributed by atoms with Crippen molar-refractivity contribution in [2.45, 2.75) is 6.92 Å². The summed E-state index contributed by atoms with van der Waals surface area (Å²) >= 11 is 0. The molecular formula is C14H15N3. The number of benzene rings is 1. The van der Waals surface area contributed by atoms with E-state index in [0.29, 0.717) is 0 Å². The van der Waals surface area contributed by atoms with Gasteiger partial charge in [0.1, 0.15) is 0 Å². The first kappa shape index (κ1) is 12.8. The lowest BCUT2D eigenvalue weighted by Crippen LogP contribution is -1.64. The van der Waals surface area contributed by atoms with E-state index >= 15 is 0 Å². The molecule has 0 fully saturated rings. The summed E-state index contributed by atoms with van der Waals surface area (Å²) in [5, 5.41) is 0. The van der Waals surface area contributed by atoms with Crippen molar-refractivity contribution < 1.29 is 0 Å². The zero-order chi connectivity index (χ0) is 12.2. The van der Waals surface area contributed by atoms with Crippen LogP contribution in [0.3, 0.4) is 0 Å². The normalized spacial score (nSPS) is 8.29. The number of para-hydroxylation sites is 1. The lowest BCUT2D eigenvalue weighted by Gasteiger charge is -1.84. The minimum absolute atomic E-state index is 0.732. The molecule has 2 rings (SSSR count). The van der Waals surface area contributed by atoms with Gasteiger partial charge < -0.3 is 0 Å². The molecule has 0 N–H and O–H groups in total. The van der Waals surface area contributed by atoms with Crippen molar-refractivity contribution in [1.29, 1.82) is 0 Å². The maximum atomic E-state index is 3.98. The molecule has 17 heavy (non-hydrogen) atoms. The van der Waals surface area contributed by atoms with Crippen molar-refractivity contribution in [3.05, 3.63) is 60.9 Å². The van der Waals surface area contributed by atoms with Crippen LogP contribution in [-0.4, -0.2) is 17.5 Å². The van der Waals surface area contributed by atoms with Crippen molar-refractivity contribution in [2.75, 3.05) is 6.54 Å². The van der Waals surface area contributed by atoms with E-state index in [-0.39, 0.29) is 0 Å². The standard InChI is InChI=1S/C9H10N2.C5H5N/c1-2-10-8-11-9-6-4-3-5-7-9;1-2-4-6-5-3-1/h3-7H,2H2,1H3;1-5H. The van der Waals surface area contributed by atoms with E-state index in [9.17, 15) is 0 Å². The molecule has 3 nitrogen and oxygen atoms in total. The summed E-state index contributed by atoms with van der Waals surface area (Å²) in [6.45, 7) is 2.68. The highest BCUT2D eigenvalue weighted by Gasteiger charge is 1.79. The van der Waals surface area contributed by atoms with E-state index in [4.69, 9.17) is 0 Å². The Labute approximate surface area is 102 Å². The van der Waals surface area contributed by atoms with Crippen LogP contribution in [0.25, 0.3) is 0 Å². The molecule has 3 heteroatoms. The minimum Gasteiger partial charge on any atom is -0.265 e. The van der Waals surface area contributed by atoms with Gasteiger partial charge in [0, 0.05) is 18.9 Å². The smallest absolute Gasteiger partial charge is 0.0948 e. The van der Waals surface area contributed by atoms with Gasteiger partial charge in [-0.1, -0.05) is 24.3 Å². The number of hydrogen-bond donors (Lipinski definition) is 0. The van der Waals surface area contributed by atoms with Crippen LogP contribution in [0.4, 0.5) is 5.69 Å². The monoisotopic (exact) mass is 225 g/mol. The predicted octanol–water partition coefficient (Wildman–Crippen LogP) is 3.59. The first-order chi connectivity index (χ1) is 8.43. The second-order valence-corrected chi connectivity index (χ2v) is 3.05. The predicted molar refractivity (Wildman–Crippen MR) is 70.7 cm³/mol. The van der Waals surface area contributed by atoms with Crippen LogP contribution in [0.1, 0.15) is 6.92 Å². The van der Waals surface area contributed by atoms with Gasteiger partial charge in [-0.3, -0.25) is 4.98 Å². The molecule has 1 heterocycles. The zero-order valence-corrected chi connectivity index (χ0v) is 9.82. The topological polar surface area (TPSA) is 37.6 Å². The minimum atomic E-state index is 0.732. The Morgan fingerprint density at radius 2 is 1.65 bits per heavy atom. The molecule has 0 aliphatic heterocycles. The Hall–Kier alpha value is -2.25. The first-order valence-corrected chi connectivity index (χ1v) is 5.45. The number of aliphatic imine (C=N–C) groups is 2. The summed E-state index contributed by atoms with van der Waals surface area (Å²) in [5.41, 5.74) is 0.893. The molecule has 0 atom stereocenters. The summed E-state index contributed by atoms with van der Waals surface area (Å²) in [6, 6.07) is 18.0. The first-order valence-electron chi connectivity index (χ1n) is 5.45. The molecule has 86 valence electrons. The average molecular weight is 225 g/mol. The van der Waals surface area contributed by atoms with E-state index in [1.807, 2.05) is 55.5 Å². The van der Waals surface area contributed by atoms with Gasteiger partial charge in [0.15, 0.2) is 0 Å². The van der Waals surface area contributed by atoms with Crippen molar-refractivity contribution >= 4 is 11.7 Å². The second kappa shape index (κ2) is 9.01. The molecule has 0 aliphatic rings. The van der Waals surface area contributed by atoms with Gasteiger partial charge in [0.2, 0.25) is 0 Å². The third-order valence-electron chi connectivity index (χ3n) is 1.73. The largest absolute Gasteiger partial charge is 0.265 e. The molecule has 0 saturated carbocycles. The lowest BCUT2D eigenvalue weighted by atomic mass is 10.3. The van der Waals surface area contributed by atoms with Crippen LogP contribution >= 0.6 is 0 Å². The third-order valence-corrected chi connectivity index (χ3v) is 1.73. The fourth-order valence-corrected chi connectivity index (χ4v) is 0.979. The molecule has 1 aromatic carbocycles. The van der Waals surface area contributed by atoms with E-state index in [1.54, 1.807) is 12.4 Å². The zero-order valence-electron chi connectivity index (χ0n) is 9.82. The number of pyridine rings is 1. The molecule has 0 radical (unpaired) electrons. The van der Waals surface area contributed by atoms with Gasteiger partial charge in [0.25, 0.3) is 0 Å². The summed E-state index contributed by atoms with van der Waals surface area (Å²) in [7, 11) is 0. The Balaban J connectivity index is 0.000000202. The van der Waals surface area contributed by atoms with E-state index in [0.717, 1.165) is 12.2 Å². The Morgan fingerprint density at radius 1 is 1.00 bits per heavy atom. The lowest BCUT2D eigenvalue weighted by molar-refractivity contribution is 1.14. The van der Waals surface area contributed by atoms with Gasteiger partial charge in [-0.2, -0.15) is 4.99 Å². The van der Waals surface area contributed by atoms with Crippen LogP contribution in [-0.2, 0) is 0 Å². The maximum Gasteiger partial charge on any atom is 0.0948 e. The molecule has 0 amide bonds. The van der Waals surface area contributed by atoms with Gasteiger partial charge in [-0.15, -0.1) is 0 Å². The Bertz CT molecular complexity index is 419. The summed E-state index contributed by atoms with van der Waals surface area (Å²) in [6.07, 6.45) is 3.50. The van der Waals surface area contributed by atoms with Crippen LogP contribution in [0.2, 0.25) is 0 Å². The molecular weight excluding hydrogens is 210 g/mol. The SMILES string of the molecule is CCN=C=Nc1ccccc1.c1ccncc1. The van der Waals surface area contributed by atoms with Gasteiger partial charge in [-0.05, 0) is 31.2 Å². The van der Waals surface area contributed by atoms with Crippen molar-refractivity contribution in [2.24, 2.45) is 9.98 Å². The number of rotatable bonds is 2. The fraction of sp³-hybridized carbons (Fsp3) is 0.143. The highest BCUT2D eigenvalue weighted by molar-refractivity contribution is 5.51. The quantitative estimate of drug-likeness (QED) is 0.719. The number of hydrogen-bond acceptors (Lipinski definition) is 3. The van der Waals surface area contributed by atoms with Crippen LogP contribution in [0, 0.1) is 0 Å². The second-order valence-electron chi connectivity index (χ2n) is 3.05. The van der Waals surface area contributed by atoms with Crippen LogP contribution in [0.5, 0.6) is 0 Å². The summed E-state index contributed by atoms with van der Waals surface area (Å²) < 4.78 is 0. The number of aromatic nitrogens is 1. The average Bonchev–Trinajstić information content (AvgIpc) is 2.43. The molecule has 1 aromatic heterocycles. The Morgan fingerprint density at radius 3 is 2.12 bits per heavy atom. The summed E-state index contributed by atoms with van der Waals surface area (Å²) in [4.78, 5) is 11.6. The maximum absolute atomic E-state index is 3.98. The van der Waals surface area contributed by atoms with E-state index in [2.05, 4.69) is 21.0 Å². The van der Waals surface area contributed by atoms with Crippen molar-refractivity contribution in [3.8, 4) is 0 Å². The molecule has 0 spiro atoms. The highest BCUT2D eigenvalue weighted by atomic mass is 14.8. The van der Waals surface area contributed by atoms with Crippen LogP contribution < -0.4 is 0 Å². The molecule has 0 saturated heterocycles. The van der Waals surface area contributed by atoms with Crippen molar-refractivity contribution in [1.82, 2.24) is 4.98 Å². The summed E-state index contributed by atoms with van der Waals surface area (Å²) in [5.74, 6) is 0. The molecule has 0 bridgehead atoms. The van der Waals surface area contributed by atoms with Gasteiger partial charge in [0.05, 0.1) is 11.7 Å². The highest BCUT2D eigenvalue weighted by Crippen LogP contribution is 2.07. The van der Waals surface area contributed by atoms with E-state index in [1.165, 1.54) is 0 Å². The molecule has 0 unspecified atom stereocenters. The molecule has 2 aromatic rings. The Kier molecular flexibility index (Phi) is 6.79. The molecule has 0 aliphatic carbocycles. The van der Waals surface area contributed by atoms with Gasteiger partial charge in [-0.25, -0.2) is 4.99 Å². The fourth-order valence-electron chi connectivity index (χ4n) is 0.979. The van der Waals surface area contributed by atoms with Crippen molar-refractivity contribution in [3.63, 3.8) is 0 Å². The third kappa shape index (κ3) is 6.77.